The fourth-order valence-electron chi connectivity index (χ4n) is 1.75. The van der Waals surface area contributed by atoms with E-state index in [4.69, 9.17) is 0 Å². The van der Waals surface area contributed by atoms with Crippen LogP contribution in [0.25, 0.3) is 11.6 Å². The SMILES string of the molecule is C1=CCC2=c3nc[nH]c3=CC2=C1. The molecule has 1 heterocycles. The summed E-state index contributed by atoms with van der Waals surface area (Å²) >= 11 is 0. The number of nitrogens with zero attached hydrogens (tertiary/aromatic N) is 1. The van der Waals surface area contributed by atoms with Crippen molar-refractivity contribution in [1.29, 1.82) is 0 Å². The number of nitrogens with one attached hydrogen (secondary N) is 1. The number of allylic oxidation sites excluding steroid dienone is 4. The van der Waals surface area contributed by atoms with Gasteiger partial charge in [-0.3, -0.25) is 0 Å². The van der Waals surface area contributed by atoms with Crippen molar-refractivity contribution >= 4 is 11.6 Å². The molecule has 0 saturated heterocycles. The van der Waals surface area contributed by atoms with Gasteiger partial charge in [0.1, 0.15) is 0 Å². The van der Waals surface area contributed by atoms with Crippen LogP contribution in [0.15, 0.2) is 30.1 Å². The second-order valence-corrected chi connectivity index (χ2v) is 3.04. The maximum Gasteiger partial charge on any atom is 0.0932 e. The van der Waals surface area contributed by atoms with Crippen LogP contribution in [0.4, 0.5) is 0 Å². The molecule has 0 unspecified atom stereocenters. The molecule has 58 valence electrons. The van der Waals surface area contributed by atoms with Gasteiger partial charge in [0.25, 0.3) is 0 Å². The highest BCUT2D eigenvalue weighted by Gasteiger charge is 2.12. The largest absolute Gasteiger partial charge is 0.345 e. The van der Waals surface area contributed by atoms with Gasteiger partial charge in [-0.2, -0.15) is 0 Å². The lowest BCUT2D eigenvalue weighted by Crippen LogP contribution is -2.22. The zero-order valence-corrected chi connectivity index (χ0v) is 6.54. The number of aromatic amines is 1. The van der Waals surface area contributed by atoms with Gasteiger partial charge in [0, 0.05) is 0 Å². The van der Waals surface area contributed by atoms with E-state index in [9.17, 15) is 0 Å². The number of imidazole rings is 1. The molecule has 0 saturated carbocycles. The number of aromatic nitrogens is 2. The van der Waals surface area contributed by atoms with Crippen LogP contribution in [0, 0.1) is 0 Å². The van der Waals surface area contributed by atoms with Crippen molar-refractivity contribution in [3.05, 3.63) is 40.8 Å². The summed E-state index contributed by atoms with van der Waals surface area (Å²) in [6.07, 6.45) is 11.3. The van der Waals surface area contributed by atoms with Crippen LogP contribution in [0.2, 0.25) is 0 Å². The molecule has 0 fully saturated rings. The number of rotatable bonds is 0. The predicted octanol–water partition coefficient (Wildman–Crippen LogP) is 0.241. The van der Waals surface area contributed by atoms with Gasteiger partial charge in [-0.25, -0.2) is 4.98 Å². The Morgan fingerprint density at radius 3 is 3.42 bits per heavy atom. The lowest BCUT2D eigenvalue weighted by Gasteiger charge is -2.03. The first kappa shape index (κ1) is 6.00. The topological polar surface area (TPSA) is 28.7 Å². The minimum absolute atomic E-state index is 1.01. The zero-order valence-electron chi connectivity index (χ0n) is 6.54. The molecule has 0 bridgehead atoms. The van der Waals surface area contributed by atoms with Crippen molar-refractivity contribution in [2.45, 2.75) is 6.42 Å². The van der Waals surface area contributed by atoms with Crippen LogP contribution in [0.1, 0.15) is 6.42 Å². The summed E-state index contributed by atoms with van der Waals surface area (Å²) in [6.45, 7) is 0. The molecular weight excluding hydrogens is 148 g/mol. The van der Waals surface area contributed by atoms with E-state index in [2.05, 4.69) is 34.3 Å². The molecule has 2 aliphatic rings. The molecule has 0 radical (unpaired) electrons. The van der Waals surface area contributed by atoms with Gasteiger partial charge in [0.15, 0.2) is 0 Å². The third-order valence-electron chi connectivity index (χ3n) is 2.34. The molecule has 2 nitrogen and oxygen atoms in total. The van der Waals surface area contributed by atoms with Crippen molar-refractivity contribution in [3.8, 4) is 0 Å². The van der Waals surface area contributed by atoms with Crippen molar-refractivity contribution in [2.75, 3.05) is 0 Å². The minimum Gasteiger partial charge on any atom is -0.345 e. The summed E-state index contributed by atoms with van der Waals surface area (Å²) in [4.78, 5) is 7.40. The Hall–Kier alpha value is -1.57. The second-order valence-electron chi connectivity index (χ2n) is 3.04. The van der Waals surface area contributed by atoms with Crippen LogP contribution in [-0.4, -0.2) is 9.97 Å². The van der Waals surface area contributed by atoms with Crippen LogP contribution in [-0.2, 0) is 0 Å². The average molecular weight is 156 g/mol. The third kappa shape index (κ3) is 0.619. The maximum absolute atomic E-state index is 4.28. The van der Waals surface area contributed by atoms with Crippen molar-refractivity contribution < 1.29 is 0 Å². The fourth-order valence-corrected chi connectivity index (χ4v) is 1.75. The highest BCUT2D eigenvalue weighted by molar-refractivity contribution is 5.82. The van der Waals surface area contributed by atoms with Crippen molar-refractivity contribution in [3.63, 3.8) is 0 Å². The molecule has 12 heavy (non-hydrogen) atoms. The predicted molar refractivity (Wildman–Crippen MR) is 47.6 cm³/mol. The summed E-state index contributed by atoms with van der Waals surface area (Å²) in [5.41, 5.74) is 2.67. The van der Waals surface area contributed by atoms with Gasteiger partial charge in [0.05, 0.1) is 17.0 Å². The lowest BCUT2D eigenvalue weighted by atomic mass is 10.0. The smallest absolute Gasteiger partial charge is 0.0932 e. The van der Waals surface area contributed by atoms with E-state index in [1.807, 2.05) is 0 Å². The minimum atomic E-state index is 1.01. The summed E-state index contributed by atoms with van der Waals surface area (Å²) in [6, 6.07) is 0. The Labute approximate surface area is 69.6 Å². The molecule has 0 spiro atoms. The molecule has 0 atom stereocenters. The first-order valence-electron chi connectivity index (χ1n) is 4.06. The summed E-state index contributed by atoms with van der Waals surface area (Å²) in [5, 5.41) is 2.28. The molecule has 3 rings (SSSR count). The fraction of sp³-hybridized carbons (Fsp3) is 0.100. The molecule has 2 aliphatic carbocycles. The third-order valence-corrected chi connectivity index (χ3v) is 2.34. The van der Waals surface area contributed by atoms with Gasteiger partial charge < -0.3 is 4.98 Å². The van der Waals surface area contributed by atoms with Crippen molar-refractivity contribution in [2.24, 2.45) is 0 Å². The molecule has 1 aromatic rings. The molecule has 1 aromatic heterocycles. The quantitative estimate of drug-likeness (QED) is 0.572. The summed E-state index contributed by atoms with van der Waals surface area (Å²) in [7, 11) is 0. The number of hydrogen-bond acceptors (Lipinski definition) is 1. The van der Waals surface area contributed by atoms with Gasteiger partial charge in [-0.15, -0.1) is 0 Å². The van der Waals surface area contributed by atoms with Crippen LogP contribution in [0.3, 0.4) is 0 Å². The van der Waals surface area contributed by atoms with Crippen LogP contribution in [0.5, 0.6) is 0 Å². The van der Waals surface area contributed by atoms with E-state index in [0.717, 1.165) is 17.1 Å². The van der Waals surface area contributed by atoms with Gasteiger partial charge in [-0.05, 0) is 23.6 Å². The van der Waals surface area contributed by atoms with E-state index in [-0.39, 0.29) is 0 Å². The van der Waals surface area contributed by atoms with E-state index in [0.29, 0.717) is 0 Å². The maximum atomic E-state index is 4.28. The van der Waals surface area contributed by atoms with Gasteiger partial charge >= 0.3 is 0 Å². The number of hydrogen-bond donors (Lipinski definition) is 1. The highest BCUT2D eigenvalue weighted by Crippen LogP contribution is 2.21. The molecule has 2 heteroatoms. The van der Waals surface area contributed by atoms with E-state index < -0.39 is 0 Å². The summed E-state index contributed by atoms with van der Waals surface area (Å²) < 4.78 is 0. The highest BCUT2D eigenvalue weighted by atomic mass is 14.9. The molecular formula is C10H8N2. The van der Waals surface area contributed by atoms with Crippen LogP contribution < -0.4 is 10.7 Å². The first-order chi connectivity index (χ1) is 5.95. The number of H-pyrrole nitrogens is 1. The normalized spacial score (nSPS) is 18.3. The van der Waals surface area contributed by atoms with E-state index in [1.165, 1.54) is 11.1 Å². The molecule has 0 aliphatic heterocycles. The van der Waals surface area contributed by atoms with Gasteiger partial charge in [-0.1, -0.05) is 18.2 Å². The van der Waals surface area contributed by atoms with Gasteiger partial charge in [0.2, 0.25) is 0 Å². The Kier molecular flexibility index (Phi) is 0.987. The van der Waals surface area contributed by atoms with Crippen LogP contribution >= 0.6 is 0 Å². The summed E-state index contributed by atoms with van der Waals surface area (Å²) in [5.74, 6) is 0. The van der Waals surface area contributed by atoms with E-state index in [1.54, 1.807) is 6.33 Å². The molecule has 0 amide bonds. The Morgan fingerprint density at radius 2 is 2.42 bits per heavy atom. The Bertz CT molecular complexity index is 500. The Balaban J connectivity index is 2.47. The van der Waals surface area contributed by atoms with E-state index >= 15 is 0 Å². The standard InChI is InChI=1S/C10H8N2/c1-2-4-8-7(3-1)5-9-10(8)12-6-11-9/h1-3,5-6H,4H2,(H,11,12). The Morgan fingerprint density at radius 1 is 1.42 bits per heavy atom. The lowest BCUT2D eigenvalue weighted by molar-refractivity contribution is 1.25. The van der Waals surface area contributed by atoms with Crippen molar-refractivity contribution in [1.82, 2.24) is 9.97 Å². The zero-order chi connectivity index (χ0) is 7.97. The molecule has 1 N–H and O–H groups in total. The molecule has 0 aromatic carbocycles. The average Bonchev–Trinajstić information content (AvgIpc) is 2.62. The second kappa shape index (κ2) is 1.97. The monoisotopic (exact) mass is 156 g/mol. The first-order valence-corrected chi connectivity index (χ1v) is 4.06. The number of fused-ring (bicyclic) bond motifs is 2.